The molecule has 0 radical (unpaired) electrons. The molecular formula is C22H23F2IN6. The molecule has 3 N–H and O–H groups in total. The van der Waals surface area contributed by atoms with Crippen LogP contribution in [-0.4, -0.2) is 34.1 Å². The molecule has 4 aromatic rings. The highest BCUT2D eigenvalue weighted by molar-refractivity contribution is 14.0. The summed E-state index contributed by atoms with van der Waals surface area (Å²) in [6.45, 7) is 1.05. The summed E-state index contributed by atoms with van der Waals surface area (Å²) in [5, 5.41) is 7.29. The maximum absolute atomic E-state index is 14.4. The maximum Gasteiger partial charge on any atom is 0.191 e. The smallest absolute Gasteiger partial charge is 0.191 e. The lowest BCUT2D eigenvalue weighted by molar-refractivity contribution is 0.615. The summed E-state index contributed by atoms with van der Waals surface area (Å²) in [5.41, 5.74) is 3.19. The van der Waals surface area contributed by atoms with Gasteiger partial charge in [-0.25, -0.2) is 13.8 Å². The van der Waals surface area contributed by atoms with E-state index in [1.807, 2.05) is 12.3 Å². The van der Waals surface area contributed by atoms with E-state index in [1.54, 1.807) is 42.5 Å². The van der Waals surface area contributed by atoms with E-state index < -0.39 is 0 Å². The first-order valence-electron chi connectivity index (χ1n) is 9.61. The van der Waals surface area contributed by atoms with Crippen LogP contribution >= 0.6 is 24.0 Å². The molecule has 0 amide bonds. The number of aromatic amines is 1. The fraction of sp³-hybridized carbons (Fsp3) is 0.182. The summed E-state index contributed by atoms with van der Waals surface area (Å²) in [6, 6.07) is 9.79. The van der Waals surface area contributed by atoms with E-state index in [1.165, 1.54) is 18.2 Å². The van der Waals surface area contributed by atoms with Gasteiger partial charge in [0, 0.05) is 49.6 Å². The second kappa shape index (κ2) is 10.4. The molecule has 0 atom stereocenters. The van der Waals surface area contributed by atoms with Gasteiger partial charge in [0.25, 0.3) is 0 Å². The SMILES string of the molecule is CN=C(NCCc1c[nH]c2ccc(F)cc12)NCc1ccc(-n2ccnc2)c(F)c1.I. The number of nitrogens with one attached hydrogen (secondary N) is 3. The lowest BCUT2D eigenvalue weighted by atomic mass is 10.1. The second-order valence-electron chi connectivity index (χ2n) is 6.86. The predicted octanol–water partition coefficient (Wildman–Crippen LogP) is 4.16. The summed E-state index contributed by atoms with van der Waals surface area (Å²) >= 11 is 0. The van der Waals surface area contributed by atoms with Crippen molar-refractivity contribution in [2.75, 3.05) is 13.6 Å². The number of aliphatic imine (C=N–C) groups is 1. The number of H-pyrrole nitrogens is 1. The molecular weight excluding hydrogens is 513 g/mol. The van der Waals surface area contributed by atoms with Crippen molar-refractivity contribution in [1.82, 2.24) is 25.2 Å². The van der Waals surface area contributed by atoms with Crippen LogP contribution in [0, 0.1) is 11.6 Å². The van der Waals surface area contributed by atoms with Crippen LogP contribution in [0.2, 0.25) is 0 Å². The van der Waals surface area contributed by atoms with Crippen molar-refractivity contribution in [2.45, 2.75) is 13.0 Å². The summed E-state index contributed by atoms with van der Waals surface area (Å²) in [5.74, 6) is 0.0435. The Kier molecular flexibility index (Phi) is 7.61. The first-order valence-corrected chi connectivity index (χ1v) is 9.61. The average Bonchev–Trinajstić information content (AvgIpc) is 3.41. The topological polar surface area (TPSA) is 70.0 Å². The molecule has 6 nitrogen and oxygen atoms in total. The van der Waals surface area contributed by atoms with Crippen LogP contribution in [0.3, 0.4) is 0 Å². The van der Waals surface area contributed by atoms with Gasteiger partial charge in [-0.05, 0) is 47.9 Å². The number of nitrogens with zero attached hydrogens (tertiary/aromatic N) is 3. The average molecular weight is 536 g/mol. The summed E-state index contributed by atoms with van der Waals surface area (Å²) in [6.07, 6.45) is 7.47. The molecule has 2 aromatic heterocycles. The third kappa shape index (κ3) is 5.40. The Balaban J connectivity index is 0.00000272. The fourth-order valence-electron chi connectivity index (χ4n) is 3.35. The second-order valence-corrected chi connectivity index (χ2v) is 6.86. The molecule has 0 aliphatic carbocycles. The normalized spacial score (nSPS) is 11.4. The highest BCUT2D eigenvalue weighted by Gasteiger charge is 2.07. The van der Waals surface area contributed by atoms with Gasteiger partial charge in [-0.1, -0.05) is 6.07 Å². The number of hydrogen-bond donors (Lipinski definition) is 3. The van der Waals surface area contributed by atoms with E-state index in [4.69, 9.17) is 0 Å². The van der Waals surface area contributed by atoms with Crippen LogP contribution in [0.5, 0.6) is 0 Å². The molecule has 0 spiro atoms. The van der Waals surface area contributed by atoms with Crippen LogP contribution in [0.15, 0.2) is 66.3 Å². The first kappa shape index (κ1) is 22.7. The Morgan fingerprint density at radius 3 is 2.77 bits per heavy atom. The third-order valence-electron chi connectivity index (χ3n) is 4.89. The zero-order valence-electron chi connectivity index (χ0n) is 16.9. The van der Waals surface area contributed by atoms with Gasteiger partial charge in [0.05, 0.1) is 12.0 Å². The van der Waals surface area contributed by atoms with E-state index in [-0.39, 0.29) is 35.6 Å². The molecule has 0 fully saturated rings. The molecule has 2 aromatic carbocycles. The third-order valence-corrected chi connectivity index (χ3v) is 4.89. The highest BCUT2D eigenvalue weighted by Crippen LogP contribution is 2.19. The van der Waals surface area contributed by atoms with E-state index in [2.05, 4.69) is 25.6 Å². The molecule has 0 unspecified atom stereocenters. The number of benzene rings is 2. The monoisotopic (exact) mass is 536 g/mol. The van der Waals surface area contributed by atoms with Gasteiger partial charge in [0.1, 0.15) is 11.6 Å². The van der Waals surface area contributed by atoms with Crippen molar-refractivity contribution in [3.8, 4) is 5.69 Å². The Bertz CT molecular complexity index is 1170. The predicted molar refractivity (Wildman–Crippen MR) is 129 cm³/mol. The minimum Gasteiger partial charge on any atom is -0.361 e. The fourth-order valence-corrected chi connectivity index (χ4v) is 3.35. The lowest BCUT2D eigenvalue weighted by Gasteiger charge is -2.12. The number of guanidine groups is 1. The van der Waals surface area contributed by atoms with Gasteiger partial charge in [0.15, 0.2) is 5.96 Å². The number of halogens is 3. The standard InChI is InChI=1S/C22H22F2N6.HI/c1-25-22(27-7-6-16-13-28-20-4-3-17(23)11-18(16)20)29-12-15-2-5-21(19(24)10-15)30-9-8-26-14-30;/h2-5,8-11,13-14,28H,6-7,12H2,1H3,(H2,25,27,29);1H. The van der Waals surface area contributed by atoms with Crippen LogP contribution in [-0.2, 0) is 13.0 Å². The number of rotatable bonds is 6. The molecule has 162 valence electrons. The van der Waals surface area contributed by atoms with Gasteiger partial charge in [0.2, 0.25) is 0 Å². The summed E-state index contributed by atoms with van der Waals surface area (Å²) < 4.78 is 29.5. The van der Waals surface area contributed by atoms with Crippen LogP contribution in [0.4, 0.5) is 8.78 Å². The van der Waals surface area contributed by atoms with E-state index in [9.17, 15) is 8.78 Å². The zero-order chi connectivity index (χ0) is 20.9. The van der Waals surface area contributed by atoms with Crippen LogP contribution < -0.4 is 10.6 Å². The highest BCUT2D eigenvalue weighted by atomic mass is 127. The quantitative estimate of drug-likeness (QED) is 0.197. The molecule has 0 saturated heterocycles. The molecule has 0 saturated carbocycles. The molecule has 4 rings (SSSR count). The van der Waals surface area contributed by atoms with Gasteiger partial charge in [-0.2, -0.15) is 0 Å². The summed E-state index contributed by atoms with van der Waals surface area (Å²) in [7, 11) is 1.68. The Morgan fingerprint density at radius 1 is 1.16 bits per heavy atom. The van der Waals surface area contributed by atoms with Gasteiger partial charge < -0.3 is 20.2 Å². The zero-order valence-corrected chi connectivity index (χ0v) is 19.2. The Hall–Kier alpha value is -2.95. The Morgan fingerprint density at radius 2 is 2.03 bits per heavy atom. The number of imidazole rings is 1. The maximum atomic E-state index is 14.4. The first-order chi connectivity index (χ1) is 14.6. The van der Waals surface area contributed by atoms with Crippen molar-refractivity contribution in [3.63, 3.8) is 0 Å². The Labute approximate surface area is 195 Å². The van der Waals surface area contributed by atoms with Gasteiger partial charge in [-0.15, -0.1) is 24.0 Å². The van der Waals surface area contributed by atoms with E-state index >= 15 is 0 Å². The molecule has 31 heavy (non-hydrogen) atoms. The minimum absolute atomic E-state index is 0. The molecule has 9 heteroatoms. The van der Waals surface area contributed by atoms with E-state index in [0.29, 0.717) is 31.2 Å². The minimum atomic E-state index is -0.318. The molecule has 0 aliphatic heterocycles. The van der Waals surface area contributed by atoms with Crippen molar-refractivity contribution in [2.24, 2.45) is 4.99 Å². The van der Waals surface area contributed by atoms with Crippen molar-refractivity contribution < 1.29 is 8.78 Å². The van der Waals surface area contributed by atoms with Crippen molar-refractivity contribution in [3.05, 3.63) is 84.1 Å². The van der Waals surface area contributed by atoms with Crippen LogP contribution in [0.25, 0.3) is 16.6 Å². The largest absolute Gasteiger partial charge is 0.361 e. The molecule has 2 heterocycles. The molecule has 0 aliphatic rings. The number of fused-ring (bicyclic) bond motifs is 1. The van der Waals surface area contributed by atoms with Gasteiger partial charge in [-0.3, -0.25) is 4.99 Å². The molecule has 0 bridgehead atoms. The van der Waals surface area contributed by atoms with Crippen molar-refractivity contribution >= 4 is 40.8 Å². The summed E-state index contributed by atoms with van der Waals surface area (Å²) in [4.78, 5) is 11.3. The lowest BCUT2D eigenvalue weighted by Crippen LogP contribution is -2.37. The van der Waals surface area contributed by atoms with Gasteiger partial charge >= 0.3 is 0 Å². The van der Waals surface area contributed by atoms with Crippen LogP contribution in [0.1, 0.15) is 11.1 Å². The van der Waals surface area contributed by atoms with E-state index in [0.717, 1.165) is 22.0 Å². The number of hydrogen-bond acceptors (Lipinski definition) is 2. The number of aromatic nitrogens is 3. The van der Waals surface area contributed by atoms with Crippen molar-refractivity contribution in [1.29, 1.82) is 0 Å².